The molecule has 2 spiro atoms. The van der Waals surface area contributed by atoms with Gasteiger partial charge >= 0.3 is 0 Å². The van der Waals surface area contributed by atoms with Crippen LogP contribution in [0.2, 0.25) is 0 Å². The van der Waals surface area contributed by atoms with Crippen molar-refractivity contribution in [2.45, 2.75) is 37.7 Å². The molecule has 0 aromatic heterocycles. The SMILES string of the molecule is CO[C@@]12C3C=CC14CC[C@@H]1CC[C@@H](C3)[C@@]142. The van der Waals surface area contributed by atoms with Crippen LogP contribution in [0.4, 0.5) is 0 Å². The molecule has 6 atom stereocenters. The van der Waals surface area contributed by atoms with Crippen LogP contribution in [0.15, 0.2) is 12.2 Å². The monoisotopic (exact) mass is 202 g/mol. The van der Waals surface area contributed by atoms with Gasteiger partial charge in [-0.3, -0.25) is 0 Å². The van der Waals surface area contributed by atoms with Crippen molar-refractivity contribution in [3.8, 4) is 0 Å². The zero-order valence-electron chi connectivity index (χ0n) is 9.33. The Kier molecular flexibility index (Phi) is 0.965. The molecule has 0 aromatic carbocycles. The fraction of sp³-hybridized carbons (Fsp3) is 0.857. The van der Waals surface area contributed by atoms with Crippen molar-refractivity contribution in [1.29, 1.82) is 0 Å². The first-order valence-electron chi connectivity index (χ1n) is 6.58. The molecule has 0 heterocycles. The van der Waals surface area contributed by atoms with E-state index in [1.54, 1.807) is 0 Å². The summed E-state index contributed by atoms with van der Waals surface area (Å²) in [6.07, 6.45) is 12.4. The van der Waals surface area contributed by atoms with E-state index in [0.717, 1.165) is 17.8 Å². The molecule has 4 fully saturated rings. The summed E-state index contributed by atoms with van der Waals surface area (Å²) in [6.45, 7) is 0. The van der Waals surface area contributed by atoms with Gasteiger partial charge in [0.1, 0.15) is 0 Å². The van der Waals surface area contributed by atoms with Crippen molar-refractivity contribution in [2.75, 3.05) is 7.11 Å². The highest BCUT2D eigenvalue weighted by Gasteiger charge is 2.98. The van der Waals surface area contributed by atoms with Gasteiger partial charge in [0.2, 0.25) is 0 Å². The molecule has 0 N–H and O–H groups in total. The van der Waals surface area contributed by atoms with Crippen molar-refractivity contribution in [3.05, 3.63) is 12.2 Å². The van der Waals surface area contributed by atoms with E-state index in [0.29, 0.717) is 16.4 Å². The molecule has 0 amide bonds. The molecule has 0 radical (unpaired) electrons. The number of hydrogen-bond donors (Lipinski definition) is 0. The second-order valence-electron chi connectivity index (χ2n) is 6.49. The number of rotatable bonds is 1. The quantitative estimate of drug-likeness (QED) is 0.594. The lowest BCUT2D eigenvalue weighted by molar-refractivity contribution is 0.00274. The Morgan fingerprint density at radius 3 is 2.87 bits per heavy atom. The van der Waals surface area contributed by atoms with Gasteiger partial charge in [-0.2, -0.15) is 0 Å². The summed E-state index contributed by atoms with van der Waals surface area (Å²) in [5, 5.41) is 0. The predicted molar refractivity (Wildman–Crippen MR) is 57.3 cm³/mol. The van der Waals surface area contributed by atoms with Crippen molar-refractivity contribution in [2.24, 2.45) is 28.6 Å². The van der Waals surface area contributed by atoms with Gasteiger partial charge in [-0.05, 0) is 43.9 Å². The van der Waals surface area contributed by atoms with Gasteiger partial charge in [-0.1, -0.05) is 12.2 Å². The summed E-state index contributed by atoms with van der Waals surface area (Å²) in [7, 11) is 1.98. The van der Waals surface area contributed by atoms with E-state index in [1.165, 1.54) is 32.1 Å². The Hall–Kier alpha value is -0.300. The topological polar surface area (TPSA) is 9.23 Å². The molecule has 0 aromatic rings. The smallest absolute Gasteiger partial charge is 0.0908 e. The highest BCUT2D eigenvalue weighted by Crippen LogP contribution is 2.96. The fourth-order valence-corrected chi connectivity index (χ4v) is 7.15. The Balaban J connectivity index is 1.84. The summed E-state index contributed by atoms with van der Waals surface area (Å²) in [5.41, 5.74) is 1.45. The van der Waals surface area contributed by atoms with Gasteiger partial charge in [0.25, 0.3) is 0 Å². The number of ether oxygens (including phenoxy) is 1. The first kappa shape index (κ1) is 7.89. The Morgan fingerprint density at radius 2 is 2.07 bits per heavy atom. The minimum absolute atomic E-state index is 0.296. The third kappa shape index (κ3) is 0.422. The summed E-state index contributed by atoms with van der Waals surface area (Å²) in [4.78, 5) is 0. The Morgan fingerprint density at radius 1 is 1.20 bits per heavy atom. The van der Waals surface area contributed by atoms with E-state index in [1.807, 2.05) is 7.11 Å². The van der Waals surface area contributed by atoms with E-state index >= 15 is 0 Å². The summed E-state index contributed by atoms with van der Waals surface area (Å²) >= 11 is 0. The van der Waals surface area contributed by atoms with Crippen LogP contribution >= 0.6 is 0 Å². The largest absolute Gasteiger partial charge is 0.376 e. The van der Waals surface area contributed by atoms with Gasteiger partial charge in [-0.15, -0.1) is 0 Å². The second-order valence-corrected chi connectivity index (χ2v) is 6.49. The molecule has 0 saturated heterocycles. The molecule has 5 rings (SSSR count). The molecular formula is C14H18O. The highest BCUT2D eigenvalue weighted by atomic mass is 16.5. The van der Waals surface area contributed by atoms with Gasteiger partial charge in [0.15, 0.2) is 0 Å². The minimum Gasteiger partial charge on any atom is -0.376 e. The minimum atomic E-state index is 0.296. The lowest BCUT2D eigenvalue weighted by Gasteiger charge is -2.25. The normalized spacial score (nSPS) is 71.1. The van der Waals surface area contributed by atoms with Crippen molar-refractivity contribution in [3.63, 3.8) is 0 Å². The van der Waals surface area contributed by atoms with Crippen LogP contribution in [0, 0.1) is 28.6 Å². The molecule has 0 aliphatic heterocycles. The Labute approximate surface area is 90.9 Å². The van der Waals surface area contributed by atoms with Crippen LogP contribution in [0.25, 0.3) is 0 Å². The third-order valence-corrected chi connectivity index (χ3v) is 6.99. The van der Waals surface area contributed by atoms with E-state index in [2.05, 4.69) is 12.2 Å². The average Bonchev–Trinajstić information content (AvgIpc) is 2.70. The van der Waals surface area contributed by atoms with Gasteiger partial charge in [0, 0.05) is 23.9 Å². The number of methoxy groups -OCH3 is 1. The van der Waals surface area contributed by atoms with Crippen molar-refractivity contribution in [1.82, 2.24) is 0 Å². The molecule has 5 aliphatic carbocycles. The van der Waals surface area contributed by atoms with E-state index in [4.69, 9.17) is 4.74 Å². The van der Waals surface area contributed by atoms with Crippen LogP contribution in [-0.2, 0) is 4.74 Å². The molecule has 1 heteroatoms. The third-order valence-electron chi connectivity index (χ3n) is 6.99. The molecule has 4 saturated carbocycles. The zero-order chi connectivity index (χ0) is 9.89. The molecule has 0 bridgehead atoms. The predicted octanol–water partition coefficient (Wildman–Crippen LogP) is 2.77. The maximum absolute atomic E-state index is 6.13. The maximum atomic E-state index is 6.13. The van der Waals surface area contributed by atoms with Gasteiger partial charge in [-0.25, -0.2) is 0 Å². The lowest BCUT2D eigenvalue weighted by atomic mass is 9.84. The van der Waals surface area contributed by atoms with Gasteiger partial charge in [0.05, 0.1) is 5.60 Å². The summed E-state index contributed by atoms with van der Waals surface area (Å²) in [6, 6.07) is 0. The van der Waals surface area contributed by atoms with Gasteiger partial charge < -0.3 is 4.74 Å². The zero-order valence-corrected chi connectivity index (χ0v) is 9.33. The maximum Gasteiger partial charge on any atom is 0.0908 e. The lowest BCUT2D eigenvalue weighted by Crippen LogP contribution is -2.29. The molecule has 80 valence electrons. The molecule has 15 heavy (non-hydrogen) atoms. The van der Waals surface area contributed by atoms with Crippen molar-refractivity contribution < 1.29 is 4.74 Å². The molecule has 1 nitrogen and oxygen atoms in total. The Bertz CT molecular complexity index is 400. The van der Waals surface area contributed by atoms with Crippen molar-refractivity contribution >= 4 is 0 Å². The first-order valence-corrected chi connectivity index (χ1v) is 6.58. The van der Waals surface area contributed by atoms with Crippen LogP contribution in [0.3, 0.4) is 0 Å². The number of hydrogen-bond acceptors (Lipinski definition) is 1. The van der Waals surface area contributed by atoms with Crippen LogP contribution in [-0.4, -0.2) is 12.7 Å². The second kappa shape index (κ2) is 1.84. The van der Waals surface area contributed by atoms with Crippen LogP contribution < -0.4 is 0 Å². The average molecular weight is 202 g/mol. The molecule has 5 aliphatic rings. The summed E-state index contributed by atoms with van der Waals surface area (Å²) in [5.74, 6) is 2.79. The standard InChI is InChI=1S/C14H18O/c1-15-14-11-5-7-12(14)6-4-9-2-3-10(8-11)13(9,12)14/h5,7,9-11H,2-4,6,8H2,1H3/t9-,10-,11?,12?,13-,14-/m0/s1. The fourth-order valence-electron chi connectivity index (χ4n) is 7.15. The van der Waals surface area contributed by atoms with Crippen LogP contribution in [0.5, 0.6) is 0 Å². The van der Waals surface area contributed by atoms with Crippen LogP contribution in [0.1, 0.15) is 32.1 Å². The van der Waals surface area contributed by atoms with E-state index in [-0.39, 0.29) is 0 Å². The van der Waals surface area contributed by atoms with E-state index in [9.17, 15) is 0 Å². The first-order chi connectivity index (χ1) is 7.33. The molecule has 2 unspecified atom stereocenters. The van der Waals surface area contributed by atoms with E-state index < -0.39 is 0 Å². The summed E-state index contributed by atoms with van der Waals surface area (Å²) < 4.78 is 6.13. The highest BCUT2D eigenvalue weighted by molar-refractivity contribution is 5.54. The molecular weight excluding hydrogens is 184 g/mol.